The molecule has 5 heteroatoms. The molecule has 0 aliphatic heterocycles. The van der Waals surface area contributed by atoms with E-state index in [1.54, 1.807) is 6.21 Å². The monoisotopic (exact) mass is 397 g/mol. The highest BCUT2D eigenvalue weighted by Gasteiger charge is 1.96. The van der Waals surface area contributed by atoms with Gasteiger partial charge in [-0.25, -0.2) is 0 Å². The van der Waals surface area contributed by atoms with Crippen molar-refractivity contribution in [2.45, 2.75) is 52.0 Å². The van der Waals surface area contributed by atoms with E-state index in [-0.39, 0.29) is 0 Å². The first-order chi connectivity index (χ1) is 13.8. The highest BCUT2D eigenvalue weighted by Crippen LogP contribution is 2.12. The summed E-state index contributed by atoms with van der Waals surface area (Å²) in [6.07, 6.45) is 9.38. The lowest BCUT2D eigenvalue weighted by molar-refractivity contribution is 0.304. The van der Waals surface area contributed by atoms with Crippen molar-refractivity contribution in [1.29, 1.82) is 0 Å². The Morgan fingerprint density at radius 2 is 1.68 bits per heavy atom. The van der Waals surface area contributed by atoms with Gasteiger partial charge in [-0.15, -0.1) is 0 Å². The molecule has 0 unspecified atom stereocenters. The minimum Gasteiger partial charge on any atom is -0.494 e. The molecular weight excluding hydrogens is 366 g/mol. The van der Waals surface area contributed by atoms with Gasteiger partial charge in [0, 0.05) is 6.54 Å². The Hall–Kier alpha value is -2.40. The van der Waals surface area contributed by atoms with Gasteiger partial charge in [-0.05, 0) is 54.0 Å². The summed E-state index contributed by atoms with van der Waals surface area (Å²) < 4.78 is 5.79. The van der Waals surface area contributed by atoms with Gasteiger partial charge in [-0.2, -0.15) is 5.10 Å². The molecule has 0 radical (unpaired) electrons. The van der Waals surface area contributed by atoms with E-state index in [0.717, 1.165) is 24.3 Å². The Morgan fingerprint density at radius 1 is 0.964 bits per heavy atom. The molecule has 0 aliphatic rings. The van der Waals surface area contributed by atoms with E-state index in [9.17, 15) is 0 Å². The molecule has 0 amide bonds. The van der Waals surface area contributed by atoms with Gasteiger partial charge in [0.05, 0.1) is 12.8 Å². The summed E-state index contributed by atoms with van der Waals surface area (Å²) in [5, 5.41) is 7.80. The molecule has 0 aliphatic carbocycles. The molecule has 0 heterocycles. The Labute approximate surface area is 174 Å². The maximum atomic E-state index is 5.79. The third-order valence-corrected chi connectivity index (χ3v) is 4.56. The van der Waals surface area contributed by atoms with Crippen LogP contribution in [0.1, 0.15) is 56.6 Å². The molecule has 4 nitrogen and oxygen atoms in total. The average molecular weight is 398 g/mol. The van der Waals surface area contributed by atoms with Crippen LogP contribution in [-0.2, 0) is 6.54 Å². The van der Waals surface area contributed by atoms with Gasteiger partial charge in [0.25, 0.3) is 0 Å². The van der Waals surface area contributed by atoms with Crippen molar-refractivity contribution in [2.24, 2.45) is 5.10 Å². The molecule has 0 aromatic heterocycles. The topological polar surface area (TPSA) is 45.6 Å². The summed E-state index contributed by atoms with van der Waals surface area (Å²) in [5.74, 6) is 0.902. The Kier molecular flexibility index (Phi) is 10.7. The first-order valence-electron chi connectivity index (χ1n) is 10.1. The Morgan fingerprint density at radius 3 is 2.43 bits per heavy atom. The van der Waals surface area contributed by atoms with Crippen LogP contribution >= 0.6 is 12.2 Å². The van der Waals surface area contributed by atoms with Crippen LogP contribution in [0.25, 0.3) is 0 Å². The van der Waals surface area contributed by atoms with Crippen LogP contribution in [-0.4, -0.2) is 17.9 Å². The van der Waals surface area contributed by atoms with Gasteiger partial charge >= 0.3 is 0 Å². The molecule has 2 aromatic rings. The maximum absolute atomic E-state index is 5.79. The molecule has 150 valence electrons. The SMILES string of the molecule is CCCCCCCCOc1ccc(C=NNC(=S)NCc2ccccc2)cc1. The second-order valence-electron chi connectivity index (χ2n) is 6.72. The highest BCUT2D eigenvalue weighted by molar-refractivity contribution is 7.80. The van der Waals surface area contributed by atoms with E-state index >= 15 is 0 Å². The molecule has 28 heavy (non-hydrogen) atoms. The molecule has 0 saturated carbocycles. The molecule has 2 N–H and O–H groups in total. The molecule has 0 atom stereocenters. The minimum absolute atomic E-state index is 0.499. The van der Waals surface area contributed by atoms with Crippen LogP contribution in [0.15, 0.2) is 59.7 Å². The van der Waals surface area contributed by atoms with E-state index in [2.05, 4.69) is 34.9 Å². The molecule has 0 fully saturated rings. The molecule has 0 saturated heterocycles. The largest absolute Gasteiger partial charge is 0.494 e. The number of hydrazone groups is 1. The zero-order valence-corrected chi connectivity index (χ0v) is 17.5. The second kappa shape index (κ2) is 13.7. The first kappa shape index (κ1) is 21.9. The van der Waals surface area contributed by atoms with Crippen molar-refractivity contribution in [1.82, 2.24) is 10.7 Å². The standard InChI is InChI=1S/C23H31N3OS/c1-2-3-4-5-6-10-17-27-22-15-13-21(14-16-22)19-25-26-23(28)24-18-20-11-8-7-9-12-20/h7-9,11-16,19H,2-6,10,17-18H2,1H3,(H2,24,26,28). The van der Waals surface area contributed by atoms with E-state index in [0.29, 0.717) is 11.7 Å². The number of nitrogens with one attached hydrogen (secondary N) is 2. The van der Waals surface area contributed by atoms with Crippen molar-refractivity contribution in [2.75, 3.05) is 6.61 Å². The number of unbranched alkanes of at least 4 members (excludes halogenated alkanes) is 5. The van der Waals surface area contributed by atoms with Gasteiger partial charge in [-0.1, -0.05) is 69.4 Å². The fraction of sp³-hybridized carbons (Fsp3) is 0.391. The normalized spacial score (nSPS) is 10.8. The number of ether oxygens (including phenoxy) is 1. The summed E-state index contributed by atoms with van der Waals surface area (Å²) in [7, 11) is 0. The highest BCUT2D eigenvalue weighted by atomic mass is 32.1. The predicted octanol–water partition coefficient (Wildman–Crippen LogP) is 5.42. The summed E-state index contributed by atoms with van der Waals surface area (Å²) >= 11 is 5.23. The zero-order chi connectivity index (χ0) is 19.9. The molecule has 0 bridgehead atoms. The average Bonchev–Trinajstić information content (AvgIpc) is 2.73. The van der Waals surface area contributed by atoms with Crippen LogP contribution < -0.4 is 15.5 Å². The lowest BCUT2D eigenvalue weighted by Crippen LogP contribution is -2.31. The first-order valence-corrected chi connectivity index (χ1v) is 10.5. The number of rotatable bonds is 12. The van der Waals surface area contributed by atoms with E-state index in [1.165, 1.54) is 37.7 Å². The molecule has 0 spiro atoms. The van der Waals surface area contributed by atoms with E-state index in [1.807, 2.05) is 42.5 Å². The number of hydrogen-bond acceptors (Lipinski definition) is 3. The third kappa shape index (κ3) is 9.51. The Balaban J connectivity index is 1.61. The second-order valence-corrected chi connectivity index (χ2v) is 7.13. The minimum atomic E-state index is 0.499. The number of nitrogens with zero attached hydrogens (tertiary/aromatic N) is 1. The van der Waals surface area contributed by atoms with Crippen LogP contribution in [0.4, 0.5) is 0 Å². The van der Waals surface area contributed by atoms with Crippen molar-refractivity contribution >= 4 is 23.5 Å². The maximum Gasteiger partial charge on any atom is 0.187 e. The Bertz CT molecular complexity index is 702. The van der Waals surface area contributed by atoms with Crippen molar-refractivity contribution in [3.63, 3.8) is 0 Å². The van der Waals surface area contributed by atoms with Crippen molar-refractivity contribution in [3.8, 4) is 5.75 Å². The third-order valence-electron chi connectivity index (χ3n) is 4.32. The van der Waals surface area contributed by atoms with Crippen molar-refractivity contribution < 1.29 is 4.74 Å². The number of thiocarbonyl (C=S) groups is 1. The van der Waals surface area contributed by atoms with Crippen LogP contribution in [0.3, 0.4) is 0 Å². The fourth-order valence-electron chi connectivity index (χ4n) is 2.71. The summed E-state index contributed by atoms with van der Waals surface area (Å²) in [6.45, 7) is 3.69. The van der Waals surface area contributed by atoms with Gasteiger partial charge in [0.2, 0.25) is 0 Å². The predicted molar refractivity (Wildman–Crippen MR) is 122 cm³/mol. The lowest BCUT2D eigenvalue weighted by atomic mass is 10.1. The van der Waals surface area contributed by atoms with E-state index in [4.69, 9.17) is 17.0 Å². The van der Waals surface area contributed by atoms with Gasteiger partial charge < -0.3 is 10.1 Å². The zero-order valence-electron chi connectivity index (χ0n) is 16.7. The molecule has 2 rings (SSSR count). The quantitative estimate of drug-likeness (QED) is 0.217. The van der Waals surface area contributed by atoms with Gasteiger partial charge in [-0.3, -0.25) is 5.43 Å². The van der Waals surface area contributed by atoms with Crippen LogP contribution in [0.2, 0.25) is 0 Å². The lowest BCUT2D eigenvalue weighted by Gasteiger charge is -2.07. The number of benzene rings is 2. The summed E-state index contributed by atoms with van der Waals surface area (Å²) in [5.41, 5.74) is 5.00. The smallest absolute Gasteiger partial charge is 0.187 e. The van der Waals surface area contributed by atoms with Gasteiger partial charge in [0.15, 0.2) is 5.11 Å². The number of hydrogen-bond donors (Lipinski definition) is 2. The van der Waals surface area contributed by atoms with E-state index < -0.39 is 0 Å². The molecule has 2 aromatic carbocycles. The van der Waals surface area contributed by atoms with Crippen molar-refractivity contribution in [3.05, 3.63) is 65.7 Å². The van der Waals surface area contributed by atoms with Crippen LogP contribution in [0, 0.1) is 0 Å². The van der Waals surface area contributed by atoms with Gasteiger partial charge in [0.1, 0.15) is 5.75 Å². The summed E-state index contributed by atoms with van der Waals surface area (Å²) in [4.78, 5) is 0. The molecular formula is C23H31N3OS. The summed E-state index contributed by atoms with van der Waals surface area (Å²) in [6, 6.07) is 18.0. The fourth-order valence-corrected chi connectivity index (χ4v) is 2.83. The van der Waals surface area contributed by atoms with Crippen LogP contribution in [0.5, 0.6) is 5.75 Å².